The maximum absolute atomic E-state index is 13.4. The largest absolute Gasteiger partial charge is 0.444 e. The molecular weight excluding hydrogens is 466 g/mol. The first kappa shape index (κ1) is 26.3. The number of hydrogen-bond donors (Lipinski definition) is 1. The first-order valence-electron chi connectivity index (χ1n) is 10.1. The van der Waals surface area contributed by atoms with Gasteiger partial charge in [0.15, 0.2) is 0 Å². The molecule has 1 amide bonds. The zero-order valence-corrected chi connectivity index (χ0v) is 18.9. The van der Waals surface area contributed by atoms with Crippen LogP contribution in [0.5, 0.6) is 0 Å². The highest BCUT2D eigenvalue weighted by Gasteiger charge is 2.37. The molecule has 1 unspecified atom stereocenters. The highest BCUT2D eigenvalue weighted by molar-refractivity contribution is 5.89. The molecule has 32 heavy (non-hydrogen) atoms. The first-order chi connectivity index (χ1) is 14.4. The summed E-state index contributed by atoms with van der Waals surface area (Å²) in [6, 6.07) is 12.9. The van der Waals surface area contributed by atoms with Gasteiger partial charge >= 0.3 is 12.3 Å². The van der Waals surface area contributed by atoms with E-state index >= 15 is 0 Å². The molecule has 0 spiro atoms. The van der Waals surface area contributed by atoms with Crippen LogP contribution in [0.2, 0.25) is 0 Å². The van der Waals surface area contributed by atoms with Crippen molar-refractivity contribution >= 4 is 36.6 Å². The Kier molecular flexibility index (Phi) is 9.21. The summed E-state index contributed by atoms with van der Waals surface area (Å²) < 4.78 is 45.5. The highest BCUT2D eigenvalue weighted by atomic mass is 35.5. The molecule has 176 valence electrons. The lowest BCUT2D eigenvalue weighted by Gasteiger charge is -2.41. The molecule has 4 rings (SSSR count). The van der Waals surface area contributed by atoms with Gasteiger partial charge in [-0.3, -0.25) is 9.80 Å². The molecule has 2 aromatic carbocycles. The molecule has 0 bridgehead atoms. The predicted octanol–water partition coefficient (Wildman–Crippen LogP) is 5.04. The van der Waals surface area contributed by atoms with Crippen molar-refractivity contribution in [1.29, 1.82) is 0 Å². The molecule has 5 nitrogen and oxygen atoms in total. The number of nitrogens with zero attached hydrogens (tertiary/aromatic N) is 2. The second kappa shape index (κ2) is 11.2. The maximum atomic E-state index is 13.4. The highest BCUT2D eigenvalue weighted by Crippen LogP contribution is 2.41. The topological polar surface area (TPSA) is 44.8 Å². The van der Waals surface area contributed by atoms with Gasteiger partial charge in [0.1, 0.15) is 6.61 Å². The number of piperazine rings is 1. The molecule has 2 aromatic rings. The number of benzene rings is 2. The van der Waals surface area contributed by atoms with Gasteiger partial charge in [0, 0.05) is 38.8 Å². The molecule has 0 aromatic heterocycles. The molecule has 1 N–H and O–H groups in total. The Hall–Kier alpha value is -2.00. The number of halogens is 5. The van der Waals surface area contributed by atoms with E-state index in [0.29, 0.717) is 13.0 Å². The van der Waals surface area contributed by atoms with Crippen molar-refractivity contribution in [3.05, 3.63) is 65.2 Å². The molecule has 2 aliphatic heterocycles. The van der Waals surface area contributed by atoms with Crippen LogP contribution in [-0.2, 0) is 17.5 Å². The molecule has 1 saturated heterocycles. The number of ether oxygens (including phenoxy) is 1. The molecule has 0 radical (unpaired) electrons. The fourth-order valence-corrected chi connectivity index (χ4v) is 4.12. The third kappa shape index (κ3) is 5.86. The van der Waals surface area contributed by atoms with Crippen LogP contribution >= 0.6 is 24.8 Å². The summed E-state index contributed by atoms with van der Waals surface area (Å²) in [6.07, 6.45) is -4.45. The average Bonchev–Trinajstić information content (AvgIpc) is 2.77. The second-order valence-corrected chi connectivity index (χ2v) is 7.55. The van der Waals surface area contributed by atoms with Crippen LogP contribution in [0.4, 0.5) is 23.7 Å². The zero-order chi connectivity index (χ0) is 21.1. The molecule has 0 aliphatic carbocycles. The Morgan fingerprint density at radius 3 is 2.38 bits per heavy atom. The second-order valence-electron chi connectivity index (χ2n) is 7.55. The van der Waals surface area contributed by atoms with Crippen molar-refractivity contribution in [3.63, 3.8) is 0 Å². The smallest absolute Gasteiger partial charge is 0.416 e. The van der Waals surface area contributed by atoms with Crippen molar-refractivity contribution in [3.8, 4) is 0 Å². The number of anilines is 1. The summed E-state index contributed by atoms with van der Waals surface area (Å²) in [5, 5.41) is 3.29. The fraction of sp³-hybridized carbons (Fsp3) is 0.409. The molecule has 0 saturated carbocycles. The van der Waals surface area contributed by atoms with Gasteiger partial charge in [-0.1, -0.05) is 36.4 Å². The van der Waals surface area contributed by atoms with Crippen molar-refractivity contribution in [2.24, 2.45) is 0 Å². The lowest BCUT2D eigenvalue weighted by molar-refractivity contribution is -0.137. The molecule has 10 heteroatoms. The average molecular weight is 492 g/mol. The predicted molar refractivity (Wildman–Crippen MR) is 122 cm³/mol. The third-order valence-electron chi connectivity index (χ3n) is 5.65. The van der Waals surface area contributed by atoms with Crippen LogP contribution in [0.15, 0.2) is 48.5 Å². The van der Waals surface area contributed by atoms with E-state index in [1.807, 2.05) is 30.3 Å². The normalized spacial score (nSPS) is 18.7. The van der Waals surface area contributed by atoms with Gasteiger partial charge in [0.25, 0.3) is 0 Å². The van der Waals surface area contributed by atoms with E-state index in [1.165, 1.54) is 11.0 Å². The van der Waals surface area contributed by atoms with E-state index in [0.717, 1.165) is 49.4 Å². The van der Waals surface area contributed by atoms with E-state index in [4.69, 9.17) is 4.74 Å². The molecule has 2 aliphatic rings. The molecule has 1 fully saturated rings. The zero-order valence-electron chi connectivity index (χ0n) is 17.3. The van der Waals surface area contributed by atoms with Crippen LogP contribution in [0.3, 0.4) is 0 Å². The molecular formula is C22H26Cl2F3N3O2. The first-order valence-corrected chi connectivity index (χ1v) is 10.1. The number of carbonyl (C=O) groups excluding carboxylic acids is 1. The summed E-state index contributed by atoms with van der Waals surface area (Å²) in [7, 11) is 0. The van der Waals surface area contributed by atoms with Gasteiger partial charge in [0.05, 0.1) is 11.3 Å². The van der Waals surface area contributed by atoms with Crippen molar-refractivity contribution in [2.75, 3.05) is 37.6 Å². The number of rotatable bonds is 3. The van der Waals surface area contributed by atoms with Crippen LogP contribution < -0.4 is 10.2 Å². The Bertz CT molecular complexity index is 894. The summed E-state index contributed by atoms with van der Waals surface area (Å²) in [5.74, 6) is 0. The number of alkyl halides is 3. The van der Waals surface area contributed by atoms with Crippen LogP contribution in [0.1, 0.15) is 29.2 Å². The number of hydrogen-bond acceptors (Lipinski definition) is 4. The molecule has 2 heterocycles. The van der Waals surface area contributed by atoms with Gasteiger partial charge in [-0.25, -0.2) is 4.79 Å². The standard InChI is InChI=1S/C22H24F3N3O2.2ClH/c23-22(24,25)17-6-7-18-19(27-12-9-26-10-13-27)8-11-28(20(18)14-17)21(29)30-15-16-4-2-1-3-5-16;;/h1-7,14,19,26H,8-13,15H2;2*1H. The molecule has 1 atom stereocenters. The Morgan fingerprint density at radius 1 is 1.03 bits per heavy atom. The monoisotopic (exact) mass is 491 g/mol. The minimum absolute atomic E-state index is 0. The van der Waals surface area contributed by atoms with Gasteiger partial charge in [-0.05, 0) is 29.7 Å². The van der Waals surface area contributed by atoms with Gasteiger partial charge < -0.3 is 10.1 Å². The Labute approximate surface area is 197 Å². The summed E-state index contributed by atoms with van der Waals surface area (Å²) in [4.78, 5) is 16.4. The van der Waals surface area contributed by atoms with Crippen LogP contribution in [0.25, 0.3) is 0 Å². The Balaban J connectivity index is 0.00000181. The quantitative estimate of drug-likeness (QED) is 0.652. The van der Waals surface area contributed by atoms with E-state index in [2.05, 4.69) is 10.2 Å². The SMILES string of the molecule is Cl.Cl.O=C(OCc1ccccc1)N1CCC(N2CCNCC2)c2ccc(C(F)(F)F)cc21. The van der Waals surface area contributed by atoms with Crippen molar-refractivity contribution < 1.29 is 22.7 Å². The summed E-state index contributed by atoms with van der Waals surface area (Å²) in [6.45, 7) is 3.72. The Morgan fingerprint density at radius 2 is 1.72 bits per heavy atom. The lowest BCUT2D eigenvalue weighted by atomic mass is 9.93. The van der Waals surface area contributed by atoms with Crippen molar-refractivity contribution in [2.45, 2.75) is 25.2 Å². The maximum Gasteiger partial charge on any atom is 0.416 e. The van der Waals surface area contributed by atoms with Crippen LogP contribution in [0, 0.1) is 0 Å². The summed E-state index contributed by atoms with van der Waals surface area (Å²) >= 11 is 0. The van der Waals surface area contributed by atoms with Gasteiger partial charge in [-0.15, -0.1) is 24.8 Å². The van der Waals surface area contributed by atoms with Crippen molar-refractivity contribution in [1.82, 2.24) is 10.2 Å². The number of nitrogens with one attached hydrogen (secondary N) is 1. The van der Waals surface area contributed by atoms with E-state index in [1.54, 1.807) is 0 Å². The summed E-state index contributed by atoms with van der Waals surface area (Å²) in [5.41, 5.74) is 1.10. The van der Waals surface area contributed by atoms with Gasteiger partial charge in [-0.2, -0.15) is 13.2 Å². The van der Waals surface area contributed by atoms with E-state index in [9.17, 15) is 18.0 Å². The number of fused-ring (bicyclic) bond motifs is 1. The minimum Gasteiger partial charge on any atom is -0.444 e. The van der Waals surface area contributed by atoms with Crippen LogP contribution in [-0.4, -0.2) is 43.7 Å². The lowest BCUT2D eigenvalue weighted by Crippen LogP contribution is -2.48. The third-order valence-corrected chi connectivity index (χ3v) is 5.65. The number of carbonyl (C=O) groups is 1. The minimum atomic E-state index is -4.48. The number of amides is 1. The van der Waals surface area contributed by atoms with Gasteiger partial charge in [0.2, 0.25) is 0 Å². The van der Waals surface area contributed by atoms with E-state index < -0.39 is 17.8 Å². The fourth-order valence-electron chi connectivity index (χ4n) is 4.12. The van der Waals surface area contributed by atoms with E-state index in [-0.39, 0.29) is 43.2 Å².